The van der Waals surface area contributed by atoms with Crippen molar-refractivity contribution in [3.63, 3.8) is 0 Å². The van der Waals surface area contributed by atoms with Crippen LogP contribution in [0.4, 0.5) is 11.5 Å². The summed E-state index contributed by atoms with van der Waals surface area (Å²) < 4.78 is 28.3. The highest BCUT2D eigenvalue weighted by Crippen LogP contribution is 2.25. The van der Waals surface area contributed by atoms with Gasteiger partial charge in [-0.1, -0.05) is 18.2 Å². The number of anilines is 2. The van der Waals surface area contributed by atoms with Crippen LogP contribution >= 0.6 is 15.9 Å². The van der Waals surface area contributed by atoms with E-state index in [1.807, 2.05) is 6.92 Å². The maximum atomic E-state index is 12.7. The Balaban J connectivity index is 1.82. The number of sulfonamides is 1. The molecule has 138 valence electrons. The number of pyridine rings is 1. The van der Waals surface area contributed by atoms with Crippen molar-refractivity contribution in [3.8, 4) is 0 Å². The van der Waals surface area contributed by atoms with Crippen molar-refractivity contribution >= 4 is 43.4 Å². The lowest BCUT2D eigenvalue weighted by molar-refractivity contribution is 0.102. The molecule has 1 amide bonds. The summed E-state index contributed by atoms with van der Waals surface area (Å²) in [4.78, 5) is 16.5. The van der Waals surface area contributed by atoms with Crippen LogP contribution in [0.2, 0.25) is 0 Å². The molecule has 0 aliphatic heterocycles. The minimum atomic E-state index is -3.80. The van der Waals surface area contributed by atoms with Crippen molar-refractivity contribution in [3.05, 3.63) is 82.5 Å². The first kappa shape index (κ1) is 19.1. The average molecular weight is 446 g/mol. The molecule has 0 aliphatic rings. The highest BCUT2D eigenvalue weighted by atomic mass is 79.9. The number of nitrogens with zero attached hydrogens (tertiary/aromatic N) is 1. The molecule has 3 aromatic rings. The second-order valence-corrected chi connectivity index (χ2v) is 8.29. The molecule has 3 rings (SSSR count). The van der Waals surface area contributed by atoms with Gasteiger partial charge < -0.3 is 5.32 Å². The van der Waals surface area contributed by atoms with Crippen LogP contribution in [0.5, 0.6) is 0 Å². The van der Waals surface area contributed by atoms with Crippen molar-refractivity contribution in [1.29, 1.82) is 0 Å². The minimum Gasteiger partial charge on any atom is -0.307 e. The van der Waals surface area contributed by atoms with Gasteiger partial charge in [0.1, 0.15) is 10.7 Å². The lowest BCUT2D eigenvalue weighted by Gasteiger charge is -2.11. The number of amides is 1. The minimum absolute atomic E-state index is 0.122. The van der Waals surface area contributed by atoms with Gasteiger partial charge in [-0.3, -0.25) is 9.52 Å². The molecule has 0 unspecified atom stereocenters. The Morgan fingerprint density at radius 1 is 1.04 bits per heavy atom. The van der Waals surface area contributed by atoms with E-state index in [4.69, 9.17) is 0 Å². The van der Waals surface area contributed by atoms with E-state index in [0.29, 0.717) is 15.9 Å². The maximum absolute atomic E-state index is 12.7. The van der Waals surface area contributed by atoms with E-state index in [1.165, 1.54) is 12.1 Å². The van der Waals surface area contributed by atoms with Gasteiger partial charge in [0, 0.05) is 21.9 Å². The number of halogens is 1. The number of rotatable bonds is 5. The zero-order valence-corrected chi connectivity index (χ0v) is 16.7. The summed E-state index contributed by atoms with van der Waals surface area (Å²) in [7, 11) is -3.80. The molecule has 0 aliphatic carbocycles. The second kappa shape index (κ2) is 7.89. The van der Waals surface area contributed by atoms with Gasteiger partial charge in [0.05, 0.1) is 0 Å². The number of carbonyl (C=O) groups excluding carboxylic acids is 1. The molecule has 0 fully saturated rings. The molecule has 1 heterocycles. The van der Waals surface area contributed by atoms with Crippen molar-refractivity contribution in [2.24, 2.45) is 0 Å². The molecule has 0 saturated carbocycles. The maximum Gasteiger partial charge on any atom is 0.263 e. The van der Waals surface area contributed by atoms with E-state index in [2.05, 4.69) is 31.0 Å². The number of nitrogens with one attached hydrogen (secondary N) is 2. The first-order valence-corrected chi connectivity index (χ1v) is 10.2. The summed E-state index contributed by atoms with van der Waals surface area (Å²) in [5.41, 5.74) is 1.54. The van der Waals surface area contributed by atoms with Crippen LogP contribution in [0.25, 0.3) is 0 Å². The number of hydrogen-bond acceptors (Lipinski definition) is 4. The number of benzene rings is 2. The Bertz CT molecular complexity index is 1090. The van der Waals surface area contributed by atoms with Crippen LogP contribution in [0.3, 0.4) is 0 Å². The highest BCUT2D eigenvalue weighted by Gasteiger charge is 2.18. The van der Waals surface area contributed by atoms with Crippen molar-refractivity contribution in [2.45, 2.75) is 11.8 Å². The summed E-state index contributed by atoms with van der Waals surface area (Å²) in [6.07, 6.45) is 1.57. The Morgan fingerprint density at radius 2 is 1.85 bits per heavy atom. The Labute approximate surface area is 165 Å². The zero-order chi connectivity index (χ0) is 19.4. The normalized spacial score (nSPS) is 11.0. The Kier molecular flexibility index (Phi) is 5.57. The number of aromatic nitrogens is 1. The van der Waals surface area contributed by atoms with Crippen molar-refractivity contribution in [1.82, 2.24) is 4.98 Å². The summed E-state index contributed by atoms with van der Waals surface area (Å²) in [5, 5.41) is 2.66. The van der Waals surface area contributed by atoms with Gasteiger partial charge in [-0.15, -0.1) is 0 Å². The molecule has 0 radical (unpaired) electrons. The lowest BCUT2D eigenvalue weighted by atomic mass is 10.2. The van der Waals surface area contributed by atoms with Crippen LogP contribution in [0.1, 0.15) is 15.9 Å². The van der Waals surface area contributed by atoms with Crippen molar-refractivity contribution in [2.75, 3.05) is 10.0 Å². The molecular formula is C19H16BrN3O3S. The monoisotopic (exact) mass is 445 g/mol. The van der Waals surface area contributed by atoms with Crippen LogP contribution in [-0.2, 0) is 10.0 Å². The van der Waals surface area contributed by atoms with Crippen LogP contribution in [0, 0.1) is 6.92 Å². The zero-order valence-electron chi connectivity index (χ0n) is 14.3. The SMILES string of the molecule is Cc1ccc(S(=O)(=O)Nc2cccc(C(=O)Nc3ccccn3)c2)c(Br)c1. The molecule has 0 atom stereocenters. The first-order chi connectivity index (χ1) is 12.8. The molecular weight excluding hydrogens is 430 g/mol. The number of aryl methyl sites for hydroxylation is 1. The number of hydrogen-bond donors (Lipinski definition) is 2. The quantitative estimate of drug-likeness (QED) is 0.615. The fourth-order valence-electron chi connectivity index (χ4n) is 2.38. The second-order valence-electron chi connectivity index (χ2n) is 5.79. The van der Waals surface area contributed by atoms with Gasteiger partial charge >= 0.3 is 0 Å². The van der Waals surface area contributed by atoms with Gasteiger partial charge in [0.15, 0.2) is 0 Å². The molecule has 0 spiro atoms. The molecule has 2 aromatic carbocycles. The van der Waals surface area contributed by atoms with Gasteiger partial charge in [-0.25, -0.2) is 13.4 Å². The molecule has 0 saturated heterocycles. The van der Waals surface area contributed by atoms with E-state index in [-0.39, 0.29) is 16.5 Å². The average Bonchev–Trinajstić information content (AvgIpc) is 2.62. The third kappa shape index (κ3) is 4.72. The van der Waals surface area contributed by atoms with Crippen molar-refractivity contribution < 1.29 is 13.2 Å². The first-order valence-electron chi connectivity index (χ1n) is 7.96. The number of carbonyl (C=O) groups is 1. The predicted octanol–water partition coefficient (Wildman–Crippen LogP) is 4.21. The molecule has 0 bridgehead atoms. The Hall–Kier alpha value is -2.71. The van der Waals surface area contributed by atoms with E-state index in [9.17, 15) is 13.2 Å². The largest absolute Gasteiger partial charge is 0.307 e. The molecule has 6 nitrogen and oxygen atoms in total. The third-order valence-electron chi connectivity index (χ3n) is 3.66. The van der Waals surface area contributed by atoms with Crippen LogP contribution < -0.4 is 10.0 Å². The summed E-state index contributed by atoms with van der Waals surface area (Å²) in [6.45, 7) is 1.87. The Morgan fingerprint density at radius 3 is 2.56 bits per heavy atom. The predicted molar refractivity (Wildman–Crippen MR) is 108 cm³/mol. The molecule has 1 aromatic heterocycles. The molecule has 27 heavy (non-hydrogen) atoms. The van der Waals surface area contributed by atoms with Gasteiger partial charge in [0.25, 0.3) is 15.9 Å². The van der Waals surface area contributed by atoms with E-state index in [1.54, 1.807) is 54.7 Å². The fraction of sp³-hybridized carbons (Fsp3) is 0.0526. The lowest BCUT2D eigenvalue weighted by Crippen LogP contribution is -2.16. The third-order valence-corrected chi connectivity index (χ3v) is 6.02. The van der Waals surface area contributed by atoms with E-state index < -0.39 is 10.0 Å². The van der Waals surface area contributed by atoms with Crippen LogP contribution in [-0.4, -0.2) is 19.3 Å². The summed E-state index contributed by atoms with van der Waals surface area (Å²) in [5.74, 6) is 0.0309. The molecule has 8 heteroatoms. The fourth-order valence-corrected chi connectivity index (χ4v) is 4.63. The van der Waals surface area contributed by atoms with Crippen LogP contribution in [0.15, 0.2) is 76.2 Å². The highest BCUT2D eigenvalue weighted by molar-refractivity contribution is 9.10. The van der Waals surface area contributed by atoms with E-state index >= 15 is 0 Å². The smallest absolute Gasteiger partial charge is 0.263 e. The topological polar surface area (TPSA) is 88.2 Å². The van der Waals surface area contributed by atoms with Gasteiger partial charge in [-0.05, 0) is 70.9 Å². The van der Waals surface area contributed by atoms with Gasteiger partial charge in [-0.2, -0.15) is 0 Å². The van der Waals surface area contributed by atoms with E-state index in [0.717, 1.165) is 5.56 Å². The molecule has 2 N–H and O–H groups in total. The van der Waals surface area contributed by atoms with Gasteiger partial charge in [0.2, 0.25) is 0 Å². The summed E-state index contributed by atoms with van der Waals surface area (Å²) in [6, 6.07) is 16.4. The standard InChI is InChI=1S/C19H16BrN3O3S/c1-13-8-9-17(16(20)11-13)27(25,26)23-15-6-4-5-14(12-15)19(24)22-18-7-2-3-10-21-18/h2-12,23H,1H3,(H,21,22,24). The summed E-state index contributed by atoms with van der Waals surface area (Å²) >= 11 is 3.28.